The summed E-state index contributed by atoms with van der Waals surface area (Å²) in [6.07, 6.45) is 1.70. The highest BCUT2D eigenvalue weighted by molar-refractivity contribution is 5.97. The lowest BCUT2D eigenvalue weighted by atomic mass is 10.1. The third kappa shape index (κ3) is 3.25. The van der Waals surface area contributed by atoms with E-state index in [4.69, 9.17) is 0 Å². The third-order valence-electron chi connectivity index (χ3n) is 2.80. The van der Waals surface area contributed by atoms with E-state index >= 15 is 0 Å². The summed E-state index contributed by atoms with van der Waals surface area (Å²) in [5.74, 6) is -0.180. The van der Waals surface area contributed by atoms with E-state index in [1.807, 2.05) is 6.07 Å². The first-order valence-corrected chi connectivity index (χ1v) is 6.24. The van der Waals surface area contributed by atoms with E-state index < -0.39 is 0 Å². The number of urea groups is 1. The van der Waals surface area contributed by atoms with Crippen LogP contribution in [0.5, 0.6) is 0 Å². The Kier molecular flexibility index (Phi) is 4.19. The molecule has 1 heterocycles. The summed E-state index contributed by atoms with van der Waals surface area (Å²) in [7, 11) is 3.32. The van der Waals surface area contributed by atoms with Gasteiger partial charge in [-0.2, -0.15) is 5.10 Å². The van der Waals surface area contributed by atoms with Crippen LogP contribution in [0.1, 0.15) is 10.4 Å². The molecule has 1 aromatic carbocycles. The molecule has 0 unspecified atom stereocenters. The van der Waals surface area contributed by atoms with E-state index in [0.29, 0.717) is 18.7 Å². The van der Waals surface area contributed by atoms with Gasteiger partial charge < -0.3 is 15.5 Å². The van der Waals surface area contributed by atoms with Crippen LogP contribution in [0.2, 0.25) is 0 Å². The van der Waals surface area contributed by atoms with Crippen molar-refractivity contribution in [1.82, 2.24) is 25.7 Å². The summed E-state index contributed by atoms with van der Waals surface area (Å²) in [4.78, 5) is 24.6. The number of benzene rings is 1. The monoisotopic (exact) mass is 275 g/mol. The third-order valence-corrected chi connectivity index (χ3v) is 2.80. The summed E-state index contributed by atoms with van der Waals surface area (Å²) in [6.45, 7) is 0.758. The van der Waals surface area contributed by atoms with Crippen LogP contribution in [0, 0.1) is 0 Å². The Morgan fingerprint density at radius 1 is 1.25 bits per heavy atom. The molecular formula is C13H17N5O2. The molecule has 2 rings (SSSR count). The molecule has 0 fully saturated rings. The number of carbonyl (C=O) groups is 2. The van der Waals surface area contributed by atoms with Crippen molar-refractivity contribution in [2.24, 2.45) is 0 Å². The van der Waals surface area contributed by atoms with Gasteiger partial charge in [0.1, 0.15) is 0 Å². The molecule has 20 heavy (non-hydrogen) atoms. The number of rotatable bonds is 4. The molecule has 0 aliphatic heterocycles. The number of hydrogen-bond donors (Lipinski definition) is 3. The highest BCUT2D eigenvalue weighted by Gasteiger charge is 2.07. The lowest BCUT2D eigenvalue weighted by molar-refractivity contribution is 0.0954. The maximum absolute atomic E-state index is 11.9. The van der Waals surface area contributed by atoms with Crippen molar-refractivity contribution in [1.29, 1.82) is 0 Å². The largest absolute Gasteiger partial charge is 0.350 e. The molecule has 0 saturated heterocycles. The molecule has 0 spiro atoms. The summed E-state index contributed by atoms with van der Waals surface area (Å²) in [5, 5.41) is 13.1. The predicted octanol–water partition coefficient (Wildman–Crippen LogP) is 0.564. The van der Waals surface area contributed by atoms with E-state index in [9.17, 15) is 9.59 Å². The number of aromatic amines is 1. The van der Waals surface area contributed by atoms with Crippen molar-refractivity contribution < 1.29 is 9.59 Å². The summed E-state index contributed by atoms with van der Waals surface area (Å²) in [5.41, 5.74) is 1.37. The number of hydrogen-bond acceptors (Lipinski definition) is 3. The lowest BCUT2D eigenvalue weighted by Crippen LogP contribution is -2.39. The van der Waals surface area contributed by atoms with Crippen molar-refractivity contribution in [2.45, 2.75) is 0 Å². The van der Waals surface area contributed by atoms with Gasteiger partial charge >= 0.3 is 6.03 Å². The topological polar surface area (TPSA) is 90.1 Å². The van der Waals surface area contributed by atoms with Crippen molar-refractivity contribution in [3.63, 3.8) is 0 Å². The maximum atomic E-state index is 11.9. The second-order valence-corrected chi connectivity index (χ2v) is 4.55. The molecular weight excluding hydrogens is 258 g/mol. The van der Waals surface area contributed by atoms with Gasteiger partial charge in [-0.05, 0) is 12.1 Å². The van der Waals surface area contributed by atoms with Gasteiger partial charge in [0, 0.05) is 38.1 Å². The fraction of sp³-hybridized carbons (Fsp3) is 0.308. The van der Waals surface area contributed by atoms with Crippen molar-refractivity contribution in [3.8, 4) is 0 Å². The second kappa shape index (κ2) is 6.05. The van der Waals surface area contributed by atoms with E-state index in [-0.39, 0.29) is 11.9 Å². The van der Waals surface area contributed by atoms with Gasteiger partial charge in [-0.3, -0.25) is 9.89 Å². The molecule has 7 heteroatoms. The first-order valence-electron chi connectivity index (χ1n) is 6.24. The molecule has 106 valence electrons. The zero-order chi connectivity index (χ0) is 14.5. The molecule has 2 aromatic rings. The second-order valence-electron chi connectivity index (χ2n) is 4.55. The minimum Gasteiger partial charge on any atom is -0.350 e. The van der Waals surface area contributed by atoms with Gasteiger partial charge in [0.15, 0.2) is 0 Å². The standard InChI is InChI=1S/C13H17N5O2/c1-18(2)13(20)15-6-5-14-12(19)9-3-4-10-8-16-17-11(10)7-9/h3-4,7-8H,5-6H2,1-2H3,(H,14,19)(H,15,20)(H,16,17). The molecule has 7 nitrogen and oxygen atoms in total. The van der Waals surface area contributed by atoms with E-state index in [1.165, 1.54) is 4.90 Å². The Morgan fingerprint density at radius 3 is 2.75 bits per heavy atom. The van der Waals surface area contributed by atoms with Crippen LogP contribution in [-0.2, 0) is 0 Å². The molecule has 0 aliphatic carbocycles. The summed E-state index contributed by atoms with van der Waals surface area (Å²) in [6, 6.07) is 5.14. The van der Waals surface area contributed by atoms with E-state index in [2.05, 4.69) is 20.8 Å². The Morgan fingerprint density at radius 2 is 2.00 bits per heavy atom. The first kappa shape index (κ1) is 13.9. The van der Waals surface area contributed by atoms with Gasteiger partial charge in [-0.25, -0.2) is 4.79 Å². The lowest BCUT2D eigenvalue weighted by Gasteiger charge is -2.12. The molecule has 3 amide bonds. The number of carbonyl (C=O) groups excluding carboxylic acids is 2. The quantitative estimate of drug-likeness (QED) is 0.712. The van der Waals surface area contributed by atoms with Crippen LogP contribution < -0.4 is 10.6 Å². The Bertz CT molecular complexity index is 620. The molecule has 0 aliphatic rings. The molecule has 0 atom stereocenters. The summed E-state index contributed by atoms with van der Waals surface area (Å²) < 4.78 is 0. The fourth-order valence-electron chi connectivity index (χ4n) is 1.68. The average Bonchev–Trinajstić information content (AvgIpc) is 2.90. The number of nitrogens with one attached hydrogen (secondary N) is 3. The van der Waals surface area contributed by atoms with Gasteiger partial charge in [0.2, 0.25) is 0 Å². The SMILES string of the molecule is CN(C)C(=O)NCCNC(=O)c1ccc2cn[nH]c2c1. The average molecular weight is 275 g/mol. The van der Waals surface area contributed by atoms with Crippen LogP contribution in [0.4, 0.5) is 4.79 Å². The molecule has 3 N–H and O–H groups in total. The van der Waals surface area contributed by atoms with Crippen molar-refractivity contribution >= 4 is 22.8 Å². The van der Waals surface area contributed by atoms with Gasteiger partial charge in [-0.15, -0.1) is 0 Å². The van der Waals surface area contributed by atoms with Gasteiger partial charge in [0.05, 0.1) is 11.7 Å². The molecule has 0 saturated carbocycles. The zero-order valence-electron chi connectivity index (χ0n) is 11.4. The molecule has 0 bridgehead atoms. The zero-order valence-corrected chi connectivity index (χ0v) is 11.4. The number of aromatic nitrogens is 2. The van der Waals surface area contributed by atoms with E-state index in [0.717, 1.165) is 10.9 Å². The van der Waals surface area contributed by atoms with Crippen LogP contribution >= 0.6 is 0 Å². The van der Waals surface area contributed by atoms with E-state index in [1.54, 1.807) is 32.4 Å². The van der Waals surface area contributed by atoms with Crippen molar-refractivity contribution in [3.05, 3.63) is 30.0 Å². The maximum Gasteiger partial charge on any atom is 0.316 e. The number of fused-ring (bicyclic) bond motifs is 1. The molecule has 0 radical (unpaired) electrons. The number of H-pyrrole nitrogens is 1. The normalized spacial score (nSPS) is 10.3. The van der Waals surface area contributed by atoms with Crippen LogP contribution in [0.15, 0.2) is 24.4 Å². The predicted molar refractivity (Wildman–Crippen MR) is 75.5 cm³/mol. The van der Waals surface area contributed by atoms with Gasteiger partial charge in [0.25, 0.3) is 5.91 Å². The Labute approximate surface area is 116 Å². The van der Waals surface area contributed by atoms with Crippen LogP contribution in [0.3, 0.4) is 0 Å². The number of nitrogens with zero attached hydrogens (tertiary/aromatic N) is 2. The molecule has 1 aromatic heterocycles. The van der Waals surface area contributed by atoms with Crippen LogP contribution in [-0.4, -0.2) is 54.2 Å². The van der Waals surface area contributed by atoms with Crippen molar-refractivity contribution in [2.75, 3.05) is 27.2 Å². The van der Waals surface area contributed by atoms with Gasteiger partial charge in [-0.1, -0.05) is 6.07 Å². The smallest absolute Gasteiger partial charge is 0.316 e. The van der Waals surface area contributed by atoms with Crippen LogP contribution in [0.25, 0.3) is 10.9 Å². The first-order chi connectivity index (χ1) is 9.58. The highest BCUT2D eigenvalue weighted by atomic mass is 16.2. The minimum atomic E-state index is -0.182. The number of amides is 3. The Hall–Kier alpha value is -2.57. The Balaban J connectivity index is 1.84. The summed E-state index contributed by atoms with van der Waals surface area (Å²) >= 11 is 0. The fourth-order valence-corrected chi connectivity index (χ4v) is 1.68. The highest BCUT2D eigenvalue weighted by Crippen LogP contribution is 2.12. The minimum absolute atomic E-state index is 0.180.